The minimum Gasteiger partial charge on any atom is -0.399 e. The molecule has 6 heteroatoms. The summed E-state index contributed by atoms with van der Waals surface area (Å²) in [4.78, 5) is 22.0. The van der Waals surface area contributed by atoms with Crippen molar-refractivity contribution in [3.05, 3.63) is 69.8 Å². The second kappa shape index (κ2) is 9.42. The molecule has 25 heavy (non-hydrogen) atoms. The van der Waals surface area contributed by atoms with E-state index >= 15 is 0 Å². The Labute approximate surface area is 147 Å². The first-order chi connectivity index (χ1) is 12.1. The first-order valence-electron chi connectivity index (χ1n) is 8.39. The van der Waals surface area contributed by atoms with E-state index in [-0.39, 0.29) is 11.6 Å². The van der Waals surface area contributed by atoms with Gasteiger partial charge in [-0.15, -0.1) is 0 Å². The number of nitrogen functional groups attached to an aromatic ring is 1. The lowest BCUT2D eigenvalue weighted by Gasteiger charge is -2.07. The third-order valence-corrected chi connectivity index (χ3v) is 4.04. The summed E-state index contributed by atoms with van der Waals surface area (Å²) in [5.74, 6) is 0.0265. The predicted octanol–water partition coefficient (Wildman–Crippen LogP) is 3.25. The van der Waals surface area contributed by atoms with Gasteiger partial charge < -0.3 is 11.1 Å². The van der Waals surface area contributed by atoms with E-state index in [4.69, 9.17) is 5.73 Å². The highest BCUT2D eigenvalue weighted by molar-refractivity contribution is 5.76. The Balaban J connectivity index is 1.60. The number of benzene rings is 2. The molecule has 0 atom stereocenters. The molecule has 2 aromatic rings. The van der Waals surface area contributed by atoms with Gasteiger partial charge in [0.15, 0.2) is 0 Å². The molecule has 0 aromatic heterocycles. The van der Waals surface area contributed by atoms with Crippen LogP contribution in [0.25, 0.3) is 0 Å². The molecule has 0 spiro atoms. The summed E-state index contributed by atoms with van der Waals surface area (Å²) >= 11 is 0. The number of aryl methyl sites for hydroxylation is 2. The number of hydrogen-bond acceptors (Lipinski definition) is 4. The number of nitrogens with zero attached hydrogens (tertiary/aromatic N) is 1. The number of para-hydroxylation sites is 1. The van der Waals surface area contributed by atoms with E-state index in [0.29, 0.717) is 19.4 Å². The molecule has 0 bridgehead atoms. The van der Waals surface area contributed by atoms with Gasteiger partial charge in [-0.05, 0) is 42.9 Å². The Hall–Kier alpha value is -2.89. The van der Waals surface area contributed by atoms with Crippen molar-refractivity contribution < 1.29 is 9.72 Å². The minimum absolute atomic E-state index is 0.0265. The normalized spacial score (nSPS) is 10.4. The van der Waals surface area contributed by atoms with Gasteiger partial charge in [0.05, 0.1) is 4.92 Å². The Bertz CT molecular complexity index is 714. The first-order valence-corrected chi connectivity index (χ1v) is 8.39. The van der Waals surface area contributed by atoms with Gasteiger partial charge in [0.1, 0.15) is 0 Å². The number of nitro benzene ring substituents is 1. The van der Waals surface area contributed by atoms with Crippen molar-refractivity contribution >= 4 is 17.3 Å². The number of amides is 1. The van der Waals surface area contributed by atoms with Crippen LogP contribution in [0.3, 0.4) is 0 Å². The largest absolute Gasteiger partial charge is 0.399 e. The number of carbonyl (C=O) groups is 1. The van der Waals surface area contributed by atoms with Crippen LogP contribution in [-0.2, 0) is 17.6 Å². The highest BCUT2D eigenvalue weighted by Crippen LogP contribution is 2.14. The molecule has 0 fully saturated rings. The van der Waals surface area contributed by atoms with Crippen LogP contribution in [0.4, 0.5) is 11.4 Å². The molecule has 0 radical (unpaired) electrons. The fourth-order valence-electron chi connectivity index (χ4n) is 2.56. The monoisotopic (exact) mass is 341 g/mol. The molecular weight excluding hydrogens is 318 g/mol. The van der Waals surface area contributed by atoms with E-state index in [1.54, 1.807) is 12.1 Å². The second-order valence-corrected chi connectivity index (χ2v) is 5.93. The molecule has 0 heterocycles. The topological polar surface area (TPSA) is 98.3 Å². The molecule has 1 amide bonds. The van der Waals surface area contributed by atoms with Crippen molar-refractivity contribution in [1.29, 1.82) is 0 Å². The molecule has 3 N–H and O–H groups in total. The number of nitrogens with one attached hydrogen (secondary N) is 1. The quantitative estimate of drug-likeness (QED) is 0.316. The van der Waals surface area contributed by atoms with Crippen LogP contribution < -0.4 is 11.1 Å². The smallest absolute Gasteiger partial charge is 0.269 e. The van der Waals surface area contributed by atoms with E-state index in [9.17, 15) is 14.9 Å². The molecule has 132 valence electrons. The molecule has 0 aliphatic heterocycles. The molecule has 2 rings (SSSR count). The van der Waals surface area contributed by atoms with Gasteiger partial charge in [-0.2, -0.15) is 0 Å². The van der Waals surface area contributed by atoms with Crippen molar-refractivity contribution in [1.82, 2.24) is 5.32 Å². The van der Waals surface area contributed by atoms with Crippen molar-refractivity contribution in [2.45, 2.75) is 32.1 Å². The second-order valence-electron chi connectivity index (χ2n) is 5.93. The van der Waals surface area contributed by atoms with E-state index in [2.05, 4.69) is 5.32 Å². The van der Waals surface area contributed by atoms with Crippen LogP contribution in [0.5, 0.6) is 0 Å². The Morgan fingerprint density at radius 2 is 1.76 bits per heavy atom. The number of anilines is 1. The van der Waals surface area contributed by atoms with Gasteiger partial charge in [0.25, 0.3) is 5.69 Å². The maximum absolute atomic E-state index is 11.8. The summed E-state index contributed by atoms with van der Waals surface area (Å²) < 4.78 is 0. The zero-order valence-electron chi connectivity index (χ0n) is 14.1. The van der Waals surface area contributed by atoms with Crippen LogP contribution in [0.2, 0.25) is 0 Å². The van der Waals surface area contributed by atoms with Crippen LogP contribution in [-0.4, -0.2) is 17.4 Å². The lowest BCUT2D eigenvalue weighted by Crippen LogP contribution is -2.24. The van der Waals surface area contributed by atoms with Gasteiger partial charge in [-0.1, -0.05) is 30.3 Å². The van der Waals surface area contributed by atoms with E-state index < -0.39 is 4.92 Å². The fraction of sp³-hybridized carbons (Fsp3) is 0.316. The zero-order chi connectivity index (χ0) is 18.1. The van der Waals surface area contributed by atoms with Gasteiger partial charge in [-0.25, -0.2) is 0 Å². The summed E-state index contributed by atoms with van der Waals surface area (Å²) in [6.45, 7) is 0.635. The van der Waals surface area contributed by atoms with Crippen molar-refractivity contribution in [2.75, 3.05) is 12.3 Å². The number of nitro groups is 1. The highest BCUT2D eigenvalue weighted by Gasteiger charge is 2.05. The van der Waals surface area contributed by atoms with E-state index in [1.807, 2.05) is 24.3 Å². The predicted molar refractivity (Wildman–Crippen MR) is 98.2 cm³/mol. The number of unbranched alkanes of at least 4 members (excludes halogenated alkanes) is 1. The number of rotatable bonds is 9. The van der Waals surface area contributed by atoms with Crippen molar-refractivity contribution in [3.63, 3.8) is 0 Å². The van der Waals surface area contributed by atoms with E-state index in [1.165, 1.54) is 12.1 Å². The zero-order valence-corrected chi connectivity index (χ0v) is 14.1. The van der Waals surface area contributed by atoms with Gasteiger partial charge in [-0.3, -0.25) is 14.9 Å². The maximum Gasteiger partial charge on any atom is 0.269 e. The summed E-state index contributed by atoms with van der Waals surface area (Å²) in [7, 11) is 0. The Kier molecular flexibility index (Phi) is 6.95. The summed E-state index contributed by atoms with van der Waals surface area (Å²) in [5, 5.41) is 13.5. The van der Waals surface area contributed by atoms with Gasteiger partial charge >= 0.3 is 0 Å². The summed E-state index contributed by atoms with van der Waals surface area (Å²) in [5.41, 5.74) is 8.75. The van der Waals surface area contributed by atoms with Crippen LogP contribution in [0.15, 0.2) is 48.5 Å². The van der Waals surface area contributed by atoms with Gasteiger partial charge in [0, 0.05) is 30.8 Å². The lowest BCUT2D eigenvalue weighted by molar-refractivity contribution is -0.384. The average Bonchev–Trinajstić information content (AvgIpc) is 2.61. The van der Waals surface area contributed by atoms with Crippen molar-refractivity contribution in [3.8, 4) is 0 Å². The highest BCUT2D eigenvalue weighted by atomic mass is 16.6. The Morgan fingerprint density at radius 3 is 2.44 bits per heavy atom. The lowest BCUT2D eigenvalue weighted by atomic mass is 10.1. The standard InChI is InChI=1S/C19H23N3O3/c20-18-7-2-1-6-16(18)10-13-19(23)21-14-4-3-5-15-8-11-17(12-9-15)22(24)25/h1-2,6-9,11-12H,3-5,10,13-14,20H2,(H,21,23). The molecule has 2 aromatic carbocycles. The number of non-ortho nitro benzene ring substituents is 1. The third kappa shape index (κ3) is 6.25. The van der Waals surface area contributed by atoms with E-state index in [0.717, 1.165) is 36.1 Å². The Morgan fingerprint density at radius 1 is 1.04 bits per heavy atom. The van der Waals surface area contributed by atoms with Crippen LogP contribution in [0.1, 0.15) is 30.4 Å². The van der Waals surface area contributed by atoms with Crippen LogP contribution in [0, 0.1) is 10.1 Å². The molecule has 0 unspecified atom stereocenters. The summed E-state index contributed by atoms with van der Waals surface area (Å²) in [6.07, 6.45) is 3.70. The van der Waals surface area contributed by atoms with Crippen molar-refractivity contribution in [2.24, 2.45) is 0 Å². The molecule has 0 saturated heterocycles. The molecule has 6 nitrogen and oxygen atoms in total. The first kappa shape index (κ1) is 18.4. The average molecular weight is 341 g/mol. The molecule has 0 aliphatic carbocycles. The fourth-order valence-corrected chi connectivity index (χ4v) is 2.56. The molecule has 0 aliphatic rings. The third-order valence-electron chi connectivity index (χ3n) is 4.04. The van der Waals surface area contributed by atoms with Crippen LogP contribution >= 0.6 is 0 Å². The molecular formula is C19H23N3O3. The summed E-state index contributed by atoms with van der Waals surface area (Å²) in [6, 6.07) is 14.2. The SMILES string of the molecule is Nc1ccccc1CCC(=O)NCCCCc1ccc([N+](=O)[O-])cc1. The number of carbonyl (C=O) groups excluding carboxylic acids is 1. The minimum atomic E-state index is -0.400. The maximum atomic E-state index is 11.8. The molecule has 0 saturated carbocycles. The van der Waals surface area contributed by atoms with Gasteiger partial charge in [0.2, 0.25) is 5.91 Å². The number of hydrogen-bond donors (Lipinski definition) is 2. The number of nitrogens with two attached hydrogens (primary N) is 1.